The van der Waals surface area contributed by atoms with Crippen molar-refractivity contribution in [3.63, 3.8) is 0 Å². The Balaban J connectivity index is 1.81. The van der Waals surface area contributed by atoms with E-state index in [1.54, 1.807) is 13.0 Å². The number of nitrogens with one attached hydrogen (secondary N) is 2. The molecule has 4 rings (SSSR count). The van der Waals surface area contributed by atoms with Gasteiger partial charge in [0.25, 0.3) is 5.56 Å². The molecule has 0 aliphatic carbocycles. The van der Waals surface area contributed by atoms with E-state index in [1.807, 2.05) is 48.5 Å². The Morgan fingerprint density at radius 1 is 1.22 bits per heavy atom. The minimum atomic E-state index is -0.223. The SMILES string of the molecule is Cc1[nH]n(-c2ccc(Br)cc2)c(=O)c1/C=C(/C#N)c1nc2ccccc2[nH]1. The van der Waals surface area contributed by atoms with Crippen molar-refractivity contribution >= 4 is 38.6 Å². The molecule has 0 aliphatic rings. The zero-order valence-corrected chi connectivity index (χ0v) is 15.9. The Labute approximate surface area is 162 Å². The second-order valence-electron chi connectivity index (χ2n) is 6.04. The summed E-state index contributed by atoms with van der Waals surface area (Å²) in [6, 6.07) is 17.1. The Morgan fingerprint density at radius 3 is 2.67 bits per heavy atom. The van der Waals surface area contributed by atoms with Crippen LogP contribution in [-0.2, 0) is 0 Å². The summed E-state index contributed by atoms with van der Waals surface area (Å²) in [5, 5.41) is 12.7. The molecule has 132 valence electrons. The first kappa shape index (κ1) is 17.1. The number of para-hydroxylation sites is 2. The van der Waals surface area contributed by atoms with E-state index in [-0.39, 0.29) is 5.56 Å². The zero-order chi connectivity index (χ0) is 19.0. The molecule has 2 N–H and O–H groups in total. The van der Waals surface area contributed by atoms with Crippen molar-refractivity contribution in [1.82, 2.24) is 19.7 Å². The van der Waals surface area contributed by atoms with Gasteiger partial charge in [0.1, 0.15) is 11.9 Å². The lowest BCUT2D eigenvalue weighted by Crippen LogP contribution is -2.15. The highest BCUT2D eigenvalue weighted by molar-refractivity contribution is 9.10. The number of benzene rings is 2. The van der Waals surface area contributed by atoms with Gasteiger partial charge in [-0.2, -0.15) is 5.26 Å². The van der Waals surface area contributed by atoms with E-state index in [2.05, 4.69) is 37.1 Å². The molecule has 0 radical (unpaired) electrons. The normalized spacial score (nSPS) is 11.7. The number of nitrogens with zero attached hydrogens (tertiary/aromatic N) is 3. The van der Waals surface area contributed by atoms with Crippen LogP contribution in [-0.4, -0.2) is 19.7 Å². The average Bonchev–Trinajstić information content (AvgIpc) is 3.22. The summed E-state index contributed by atoms with van der Waals surface area (Å²) in [6.07, 6.45) is 1.57. The number of H-pyrrole nitrogens is 2. The third-order valence-corrected chi connectivity index (χ3v) is 4.78. The highest BCUT2D eigenvalue weighted by Gasteiger charge is 2.14. The topological polar surface area (TPSA) is 90.3 Å². The van der Waals surface area contributed by atoms with Crippen LogP contribution in [0, 0.1) is 18.3 Å². The molecule has 0 saturated heterocycles. The average molecular weight is 420 g/mol. The maximum absolute atomic E-state index is 12.9. The van der Waals surface area contributed by atoms with Crippen LogP contribution in [0.4, 0.5) is 0 Å². The molecule has 0 unspecified atom stereocenters. The summed E-state index contributed by atoms with van der Waals surface area (Å²) in [7, 11) is 0. The summed E-state index contributed by atoms with van der Waals surface area (Å²) in [4.78, 5) is 20.4. The number of imidazole rings is 1. The van der Waals surface area contributed by atoms with Crippen LogP contribution in [0.3, 0.4) is 0 Å². The smallest absolute Gasteiger partial charge is 0.278 e. The van der Waals surface area contributed by atoms with E-state index in [0.717, 1.165) is 15.5 Å². The number of aromatic amines is 2. The summed E-state index contributed by atoms with van der Waals surface area (Å²) in [5.74, 6) is 0.439. The molecule has 2 heterocycles. The maximum Gasteiger partial charge on any atom is 0.278 e. The number of rotatable bonds is 3. The van der Waals surface area contributed by atoms with Gasteiger partial charge in [-0.3, -0.25) is 9.89 Å². The first-order valence-corrected chi connectivity index (χ1v) is 9.00. The van der Waals surface area contributed by atoms with Gasteiger partial charge in [0.2, 0.25) is 0 Å². The first-order valence-electron chi connectivity index (χ1n) is 8.21. The number of allylic oxidation sites excluding steroid dienone is 1. The van der Waals surface area contributed by atoms with Gasteiger partial charge < -0.3 is 4.98 Å². The molecule has 2 aromatic carbocycles. The Hall–Kier alpha value is -3.37. The second-order valence-corrected chi connectivity index (χ2v) is 6.96. The fourth-order valence-corrected chi connectivity index (χ4v) is 3.14. The molecule has 0 amide bonds. The number of nitriles is 1. The predicted octanol–water partition coefficient (Wildman–Crippen LogP) is 4.18. The van der Waals surface area contributed by atoms with Crippen molar-refractivity contribution in [2.24, 2.45) is 0 Å². The molecule has 0 fully saturated rings. The van der Waals surface area contributed by atoms with Crippen molar-refractivity contribution in [2.45, 2.75) is 6.92 Å². The molecule has 0 atom stereocenters. The number of halogens is 1. The molecule has 4 aromatic rings. The number of hydrogen-bond acceptors (Lipinski definition) is 3. The maximum atomic E-state index is 12.9. The number of aromatic nitrogens is 4. The zero-order valence-electron chi connectivity index (χ0n) is 14.3. The number of fused-ring (bicyclic) bond motifs is 1. The van der Waals surface area contributed by atoms with E-state index in [1.165, 1.54) is 4.68 Å². The van der Waals surface area contributed by atoms with E-state index in [0.29, 0.717) is 28.3 Å². The summed E-state index contributed by atoms with van der Waals surface area (Å²) in [5.41, 5.74) is 3.50. The summed E-state index contributed by atoms with van der Waals surface area (Å²) < 4.78 is 2.39. The second kappa shape index (κ2) is 6.74. The minimum Gasteiger partial charge on any atom is -0.337 e. The van der Waals surface area contributed by atoms with Crippen molar-refractivity contribution in [1.29, 1.82) is 5.26 Å². The van der Waals surface area contributed by atoms with Gasteiger partial charge in [-0.1, -0.05) is 28.1 Å². The lowest BCUT2D eigenvalue weighted by Gasteiger charge is -2.00. The van der Waals surface area contributed by atoms with Crippen LogP contribution in [0.25, 0.3) is 28.4 Å². The largest absolute Gasteiger partial charge is 0.337 e. The standard InChI is InChI=1S/C20H14BrN5O/c1-12-16(20(27)26(25-12)15-8-6-14(21)7-9-15)10-13(11-22)19-23-17-4-2-3-5-18(17)24-19/h2-10,25H,1H3,(H,23,24)/b13-10-. The molecule has 0 bridgehead atoms. The van der Waals surface area contributed by atoms with Gasteiger partial charge in [-0.05, 0) is 49.4 Å². The fraction of sp³-hybridized carbons (Fsp3) is 0.0500. The van der Waals surface area contributed by atoms with Crippen molar-refractivity contribution in [3.8, 4) is 11.8 Å². The Bertz CT molecular complexity index is 1240. The van der Waals surface area contributed by atoms with Crippen LogP contribution in [0.1, 0.15) is 17.1 Å². The molecule has 0 aliphatic heterocycles. The Morgan fingerprint density at radius 2 is 1.96 bits per heavy atom. The molecular weight excluding hydrogens is 406 g/mol. The van der Waals surface area contributed by atoms with Gasteiger partial charge in [0.15, 0.2) is 0 Å². The lowest BCUT2D eigenvalue weighted by molar-refractivity contribution is 0.835. The van der Waals surface area contributed by atoms with Crippen molar-refractivity contribution in [3.05, 3.63) is 80.4 Å². The third-order valence-electron chi connectivity index (χ3n) is 4.26. The molecule has 27 heavy (non-hydrogen) atoms. The van der Waals surface area contributed by atoms with E-state index < -0.39 is 0 Å². The van der Waals surface area contributed by atoms with E-state index in [9.17, 15) is 10.1 Å². The molecular formula is C20H14BrN5O. The summed E-state index contributed by atoms with van der Waals surface area (Å²) in [6.45, 7) is 1.80. The van der Waals surface area contributed by atoms with Gasteiger partial charge in [-0.15, -0.1) is 0 Å². The molecule has 7 heteroatoms. The third kappa shape index (κ3) is 3.11. The fourth-order valence-electron chi connectivity index (χ4n) is 2.88. The van der Waals surface area contributed by atoms with Crippen LogP contribution in [0.15, 0.2) is 57.8 Å². The highest BCUT2D eigenvalue weighted by atomic mass is 79.9. The van der Waals surface area contributed by atoms with Gasteiger partial charge >= 0.3 is 0 Å². The quantitative estimate of drug-likeness (QED) is 0.488. The predicted molar refractivity (Wildman–Crippen MR) is 108 cm³/mol. The highest BCUT2D eigenvalue weighted by Crippen LogP contribution is 2.20. The molecule has 0 saturated carbocycles. The molecule has 0 spiro atoms. The van der Waals surface area contributed by atoms with E-state index >= 15 is 0 Å². The van der Waals surface area contributed by atoms with Crippen LogP contribution < -0.4 is 5.56 Å². The lowest BCUT2D eigenvalue weighted by atomic mass is 10.1. The monoisotopic (exact) mass is 419 g/mol. The van der Waals surface area contributed by atoms with Crippen LogP contribution in [0.2, 0.25) is 0 Å². The number of aryl methyl sites for hydroxylation is 1. The van der Waals surface area contributed by atoms with Gasteiger partial charge in [0.05, 0.1) is 27.9 Å². The van der Waals surface area contributed by atoms with E-state index in [4.69, 9.17) is 0 Å². The van der Waals surface area contributed by atoms with Crippen LogP contribution >= 0.6 is 15.9 Å². The number of hydrogen-bond donors (Lipinski definition) is 2. The summed E-state index contributed by atoms with van der Waals surface area (Å²) >= 11 is 3.39. The first-order chi connectivity index (χ1) is 13.1. The Kier molecular flexibility index (Phi) is 4.26. The molecule has 2 aromatic heterocycles. The minimum absolute atomic E-state index is 0.223. The van der Waals surface area contributed by atoms with Crippen molar-refractivity contribution in [2.75, 3.05) is 0 Å². The molecule has 6 nitrogen and oxygen atoms in total. The van der Waals surface area contributed by atoms with Gasteiger partial charge in [-0.25, -0.2) is 9.67 Å². The van der Waals surface area contributed by atoms with Crippen LogP contribution in [0.5, 0.6) is 0 Å². The van der Waals surface area contributed by atoms with Crippen molar-refractivity contribution < 1.29 is 0 Å². The van der Waals surface area contributed by atoms with Gasteiger partial charge in [0, 0.05) is 10.2 Å².